The van der Waals surface area contributed by atoms with Crippen molar-refractivity contribution in [1.82, 2.24) is 0 Å². The lowest BCUT2D eigenvalue weighted by Crippen LogP contribution is -2.48. The minimum absolute atomic E-state index is 0.000190. The molecule has 3 nitrogen and oxygen atoms in total. The molecule has 0 amide bonds. The topological polar surface area (TPSA) is 27.7 Å². The van der Waals surface area contributed by atoms with Gasteiger partial charge in [-0.25, -0.2) is 0 Å². The van der Waals surface area contributed by atoms with Crippen molar-refractivity contribution in [3.05, 3.63) is 0 Å². The van der Waals surface area contributed by atoms with E-state index in [1.165, 1.54) is 0 Å². The van der Waals surface area contributed by atoms with Gasteiger partial charge in [0.05, 0.1) is 23.9 Å². The first-order valence-corrected chi connectivity index (χ1v) is 12.1. The first-order valence-electron chi connectivity index (χ1n) is 12.1. The summed E-state index contributed by atoms with van der Waals surface area (Å²) in [6, 6.07) is 0. The van der Waals surface area contributed by atoms with Gasteiger partial charge >= 0.3 is 0 Å². The van der Waals surface area contributed by atoms with Gasteiger partial charge < -0.3 is 14.2 Å². The number of hydrogen-bond acceptors (Lipinski definition) is 3. The molecule has 0 heterocycles. The Bertz CT molecular complexity index is 501. The van der Waals surface area contributed by atoms with Crippen LogP contribution < -0.4 is 0 Å². The Kier molecular flexibility index (Phi) is 10.7. The average Bonchev–Trinajstić information content (AvgIpc) is 2.55. The average molecular weight is 427 g/mol. The molecule has 0 spiro atoms. The molecule has 2 unspecified atom stereocenters. The third kappa shape index (κ3) is 8.47. The Hall–Kier alpha value is -0.0551. The highest BCUT2D eigenvalue weighted by atomic mass is 16.5. The van der Waals surface area contributed by atoms with E-state index in [1.807, 2.05) is 0 Å². The van der Waals surface area contributed by atoms with Gasteiger partial charge in [-0.15, -0.1) is 0 Å². The van der Waals surface area contributed by atoms with Crippen LogP contribution >= 0.6 is 0 Å². The predicted octanol–water partition coefficient (Wildman–Crippen LogP) is 6.55. The molecule has 0 aromatic carbocycles. The molecule has 0 saturated carbocycles. The smallest absolute Gasteiger partial charge is 0.109 e. The van der Waals surface area contributed by atoms with E-state index in [9.17, 15) is 0 Å². The van der Waals surface area contributed by atoms with Gasteiger partial charge in [-0.1, -0.05) is 60.7 Å². The predicted molar refractivity (Wildman–Crippen MR) is 134 cm³/mol. The van der Waals surface area contributed by atoms with Crippen molar-refractivity contribution in [3.63, 3.8) is 0 Å². The normalized spacial score (nSPS) is 16.8. The Balaban J connectivity index is 4.91. The second-order valence-corrected chi connectivity index (χ2v) is 13.1. The summed E-state index contributed by atoms with van der Waals surface area (Å²) in [5.74, 6) is 0.916. The van der Waals surface area contributed by atoms with Crippen molar-refractivity contribution in [2.75, 3.05) is 19.8 Å². The van der Waals surface area contributed by atoms with Crippen molar-refractivity contribution >= 4 is 7.85 Å². The Morgan fingerprint density at radius 1 is 0.667 bits per heavy atom. The first-order chi connectivity index (χ1) is 13.2. The lowest BCUT2D eigenvalue weighted by atomic mass is 9.64. The van der Waals surface area contributed by atoms with Crippen LogP contribution in [-0.2, 0) is 14.2 Å². The minimum atomic E-state index is -0.241. The summed E-state index contributed by atoms with van der Waals surface area (Å²) in [6.07, 6.45) is 1.22. The molecule has 2 atom stereocenters. The maximum atomic E-state index is 6.52. The third-order valence-corrected chi connectivity index (χ3v) is 8.46. The van der Waals surface area contributed by atoms with Crippen molar-refractivity contribution in [1.29, 1.82) is 0 Å². The molecule has 4 heteroatoms. The zero-order chi connectivity index (χ0) is 24.2. The molecule has 180 valence electrons. The standard InChI is InChI=1S/C26H55BO3/c1-19(2)28-17-20(3)23(7,8)26(13,14)29-16-15-22(5,6)25(11,12)30-18-21(4)24(9,10)27/h19-21H,15-18,27H2,1-14H3. The molecule has 0 N–H and O–H groups in total. The first kappa shape index (κ1) is 29.9. The fourth-order valence-electron chi connectivity index (χ4n) is 2.97. The van der Waals surface area contributed by atoms with Crippen LogP contribution in [-0.4, -0.2) is 45.0 Å². The van der Waals surface area contributed by atoms with Crippen LogP contribution in [0.15, 0.2) is 0 Å². The minimum Gasteiger partial charge on any atom is -0.378 e. The molecule has 30 heavy (non-hydrogen) atoms. The van der Waals surface area contributed by atoms with Crippen LogP contribution in [0, 0.1) is 22.7 Å². The van der Waals surface area contributed by atoms with Crippen molar-refractivity contribution in [2.45, 2.75) is 126 Å². The molecule has 0 radical (unpaired) electrons. The molecule has 0 aliphatic carbocycles. The SMILES string of the molecule is BC(C)(C)C(C)COC(C)(C)C(C)(C)CCOC(C)(C)C(C)(C)C(C)COC(C)C. The highest BCUT2D eigenvalue weighted by Gasteiger charge is 2.44. The van der Waals surface area contributed by atoms with Crippen LogP contribution in [0.4, 0.5) is 0 Å². The van der Waals surface area contributed by atoms with Gasteiger partial charge in [-0.05, 0) is 70.6 Å². The third-order valence-electron chi connectivity index (χ3n) is 8.46. The van der Waals surface area contributed by atoms with E-state index in [4.69, 9.17) is 14.2 Å². The van der Waals surface area contributed by atoms with Gasteiger partial charge in [0, 0.05) is 13.2 Å². The fraction of sp³-hybridized carbons (Fsp3) is 1.00. The van der Waals surface area contributed by atoms with Gasteiger partial charge in [0.1, 0.15) is 7.85 Å². The lowest BCUT2D eigenvalue weighted by molar-refractivity contribution is -0.153. The molecule has 0 bridgehead atoms. The largest absolute Gasteiger partial charge is 0.378 e. The van der Waals surface area contributed by atoms with Gasteiger partial charge in [-0.2, -0.15) is 0 Å². The van der Waals surface area contributed by atoms with Crippen molar-refractivity contribution < 1.29 is 14.2 Å². The van der Waals surface area contributed by atoms with Crippen LogP contribution in [0.5, 0.6) is 0 Å². The van der Waals surface area contributed by atoms with Crippen LogP contribution in [0.1, 0.15) is 103 Å². The van der Waals surface area contributed by atoms with Gasteiger partial charge in [0.15, 0.2) is 0 Å². The molecular formula is C26H55BO3. The molecule has 0 saturated heterocycles. The second-order valence-electron chi connectivity index (χ2n) is 13.1. The molecule has 0 aromatic rings. The van der Waals surface area contributed by atoms with Crippen molar-refractivity contribution in [3.8, 4) is 0 Å². The molecule has 0 fully saturated rings. The number of rotatable bonds is 14. The zero-order valence-electron chi connectivity index (χ0n) is 23.3. The molecule has 0 aromatic heterocycles. The summed E-state index contributed by atoms with van der Waals surface area (Å²) < 4.78 is 18.9. The summed E-state index contributed by atoms with van der Waals surface area (Å²) in [7, 11) is 2.28. The van der Waals surface area contributed by atoms with Gasteiger partial charge in [0.25, 0.3) is 0 Å². The van der Waals surface area contributed by atoms with Crippen molar-refractivity contribution in [2.24, 2.45) is 22.7 Å². The summed E-state index contributed by atoms with van der Waals surface area (Å²) in [4.78, 5) is 0. The van der Waals surface area contributed by atoms with E-state index < -0.39 is 0 Å². The zero-order valence-corrected chi connectivity index (χ0v) is 23.3. The second kappa shape index (κ2) is 10.7. The Labute approximate surface area is 190 Å². The molecular weight excluding hydrogens is 371 g/mol. The van der Waals surface area contributed by atoms with E-state index in [-0.39, 0.29) is 33.5 Å². The Morgan fingerprint density at radius 2 is 1.17 bits per heavy atom. The van der Waals surface area contributed by atoms with E-state index >= 15 is 0 Å². The van der Waals surface area contributed by atoms with E-state index in [0.717, 1.165) is 26.2 Å². The summed E-state index contributed by atoms with van der Waals surface area (Å²) in [6.45, 7) is 33.7. The number of ether oxygens (including phenoxy) is 3. The van der Waals surface area contributed by atoms with Crippen LogP contribution in [0.3, 0.4) is 0 Å². The van der Waals surface area contributed by atoms with E-state index in [0.29, 0.717) is 11.8 Å². The number of hydrogen-bond donors (Lipinski definition) is 0. The maximum Gasteiger partial charge on any atom is 0.109 e. The quantitative estimate of drug-likeness (QED) is 0.295. The summed E-state index contributed by atoms with van der Waals surface area (Å²) >= 11 is 0. The fourth-order valence-corrected chi connectivity index (χ4v) is 2.97. The monoisotopic (exact) mass is 426 g/mol. The van der Waals surface area contributed by atoms with E-state index in [1.54, 1.807) is 0 Å². The lowest BCUT2D eigenvalue weighted by Gasteiger charge is -2.47. The van der Waals surface area contributed by atoms with Crippen LogP contribution in [0.25, 0.3) is 0 Å². The molecule has 0 aliphatic rings. The molecule has 0 rings (SSSR count). The highest BCUT2D eigenvalue weighted by molar-refractivity contribution is 6.14. The Morgan fingerprint density at radius 3 is 1.60 bits per heavy atom. The summed E-state index contributed by atoms with van der Waals surface area (Å²) in [5.41, 5.74) is -0.445. The summed E-state index contributed by atoms with van der Waals surface area (Å²) in [5, 5.41) is 0.259. The van der Waals surface area contributed by atoms with Gasteiger partial charge in [-0.3, -0.25) is 0 Å². The molecule has 0 aliphatic heterocycles. The van der Waals surface area contributed by atoms with E-state index in [2.05, 4.69) is 105 Å². The van der Waals surface area contributed by atoms with Gasteiger partial charge in [0.2, 0.25) is 0 Å². The van der Waals surface area contributed by atoms with Crippen LogP contribution in [0.2, 0.25) is 5.31 Å². The maximum absolute atomic E-state index is 6.52. The highest BCUT2D eigenvalue weighted by Crippen LogP contribution is 2.43.